The van der Waals surface area contributed by atoms with Crippen molar-refractivity contribution >= 4 is 5.97 Å². The van der Waals surface area contributed by atoms with Crippen LogP contribution in [0, 0.1) is 46.3 Å². The van der Waals surface area contributed by atoms with Crippen molar-refractivity contribution in [1.82, 2.24) is 0 Å². The van der Waals surface area contributed by atoms with Crippen LogP contribution >= 0.6 is 0 Å². The van der Waals surface area contributed by atoms with Gasteiger partial charge in [-0.1, -0.05) is 20.8 Å². The molecule has 28 heavy (non-hydrogen) atoms. The Labute approximate surface area is 170 Å². The monoisotopic (exact) mass is 392 g/mol. The molecule has 0 heterocycles. The van der Waals surface area contributed by atoms with Crippen LogP contribution in [0.1, 0.15) is 85.0 Å². The maximum absolute atomic E-state index is 11.2. The molecule has 10 atom stereocenters. The number of hydrogen-bond donors (Lipinski definition) is 3. The molecule has 4 aliphatic rings. The Morgan fingerprint density at radius 1 is 1.00 bits per heavy atom. The lowest BCUT2D eigenvalue weighted by Crippen LogP contribution is -2.58. The number of carbonyl (C=O) groups is 1. The van der Waals surface area contributed by atoms with Gasteiger partial charge in [0.2, 0.25) is 0 Å². The van der Waals surface area contributed by atoms with E-state index < -0.39 is 5.97 Å². The van der Waals surface area contributed by atoms with Crippen LogP contribution in [0.5, 0.6) is 0 Å². The molecular formula is C24H40O4. The first-order valence-corrected chi connectivity index (χ1v) is 11.7. The second-order valence-corrected chi connectivity index (χ2v) is 11.4. The zero-order valence-electron chi connectivity index (χ0n) is 17.9. The Balaban J connectivity index is 1.55. The molecule has 4 fully saturated rings. The van der Waals surface area contributed by atoms with Gasteiger partial charge in [0.1, 0.15) is 0 Å². The molecular weight excluding hydrogens is 352 g/mol. The second-order valence-electron chi connectivity index (χ2n) is 11.4. The summed E-state index contributed by atoms with van der Waals surface area (Å²) in [7, 11) is 0. The van der Waals surface area contributed by atoms with Crippen LogP contribution in [0.15, 0.2) is 0 Å². The molecule has 0 bridgehead atoms. The number of aliphatic carboxylic acids is 1. The fourth-order valence-electron chi connectivity index (χ4n) is 8.73. The van der Waals surface area contributed by atoms with Gasteiger partial charge in [0.15, 0.2) is 0 Å². The van der Waals surface area contributed by atoms with Crippen molar-refractivity contribution < 1.29 is 20.1 Å². The predicted molar refractivity (Wildman–Crippen MR) is 109 cm³/mol. The van der Waals surface area contributed by atoms with Gasteiger partial charge >= 0.3 is 5.97 Å². The number of aliphatic hydroxyl groups is 2. The highest BCUT2D eigenvalue weighted by Crippen LogP contribution is 2.68. The summed E-state index contributed by atoms with van der Waals surface area (Å²) < 4.78 is 0. The molecule has 160 valence electrons. The maximum Gasteiger partial charge on any atom is 0.303 e. The lowest BCUT2D eigenvalue weighted by molar-refractivity contribution is -0.174. The zero-order chi connectivity index (χ0) is 20.3. The summed E-state index contributed by atoms with van der Waals surface area (Å²) in [4.78, 5) is 11.1. The first-order chi connectivity index (χ1) is 13.2. The third kappa shape index (κ3) is 3.14. The van der Waals surface area contributed by atoms with E-state index in [2.05, 4.69) is 20.8 Å². The maximum atomic E-state index is 11.2. The van der Waals surface area contributed by atoms with E-state index in [4.69, 9.17) is 5.11 Å². The van der Waals surface area contributed by atoms with Gasteiger partial charge in [0, 0.05) is 6.42 Å². The average Bonchev–Trinajstić information content (AvgIpc) is 2.98. The standard InChI is InChI=1S/C24H40O4/c1-14(4-7-21(27)28)17-5-6-18-22-19(9-11-24(17,18)3)23(2)10-8-16(25)12-15(23)13-20(22)26/h14-20,22,25-26H,4-13H2,1-3H3,(H,27,28)/t14-,15+,16-,17-,18-,19+,20-,22-,23+,24-/m1/s1. The molecule has 0 unspecified atom stereocenters. The topological polar surface area (TPSA) is 77.8 Å². The number of aliphatic hydroxyl groups excluding tert-OH is 2. The summed E-state index contributed by atoms with van der Waals surface area (Å²) in [5.41, 5.74) is 0.523. The van der Waals surface area contributed by atoms with Gasteiger partial charge in [0.05, 0.1) is 12.2 Å². The van der Waals surface area contributed by atoms with Crippen LogP contribution < -0.4 is 0 Å². The number of carboxylic acids is 1. The van der Waals surface area contributed by atoms with Crippen molar-refractivity contribution in [3.8, 4) is 0 Å². The largest absolute Gasteiger partial charge is 0.481 e. The molecule has 0 amide bonds. The van der Waals surface area contributed by atoms with E-state index in [0.717, 1.165) is 32.1 Å². The molecule has 4 saturated carbocycles. The normalized spacial score (nSPS) is 51.7. The van der Waals surface area contributed by atoms with Crippen LogP contribution in [-0.4, -0.2) is 33.5 Å². The van der Waals surface area contributed by atoms with Gasteiger partial charge < -0.3 is 15.3 Å². The fourth-order valence-corrected chi connectivity index (χ4v) is 8.73. The third-order valence-electron chi connectivity index (χ3n) is 10.2. The van der Waals surface area contributed by atoms with Crippen molar-refractivity contribution in [2.75, 3.05) is 0 Å². The van der Waals surface area contributed by atoms with E-state index in [1.54, 1.807) is 0 Å². The lowest BCUT2D eigenvalue weighted by Gasteiger charge is -2.62. The minimum atomic E-state index is -0.684. The Bertz CT molecular complexity index is 605. The molecule has 0 spiro atoms. The molecule has 0 aliphatic heterocycles. The molecule has 4 rings (SSSR count). The van der Waals surface area contributed by atoms with Gasteiger partial charge in [0.25, 0.3) is 0 Å². The molecule has 4 heteroatoms. The fraction of sp³-hybridized carbons (Fsp3) is 0.958. The Morgan fingerprint density at radius 2 is 1.68 bits per heavy atom. The van der Waals surface area contributed by atoms with E-state index in [-0.39, 0.29) is 29.5 Å². The third-order valence-corrected chi connectivity index (χ3v) is 10.2. The lowest BCUT2D eigenvalue weighted by atomic mass is 9.43. The summed E-state index contributed by atoms with van der Waals surface area (Å²) in [6.07, 6.45) is 9.19. The SMILES string of the molecule is C[C@H](CCC(=O)O)[C@H]1CC[C@@H]2[C@H]3[C@H](O)C[C@@H]4C[C@H](O)CC[C@]4(C)[C@H]3CC[C@@]21C. The molecule has 4 aliphatic carbocycles. The van der Waals surface area contributed by atoms with E-state index in [1.807, 2.05) is 0 Å². The van der Waals surface area contributed by atoms with Crippen LogP contribution in [0.2, 0.25) is 0 Å². The summed E-state index contributed by atoms with van der Waals surface area (Å²) >= 11 is 0. The molecule has 3 N–H and O–H groups in total. The van der Waals surface area contributed by atoms with Gasteiger partial charge in [-0.2, -0.15) is 0 Å². The molecule has 0 aromatic rings. The summed E-state index contributed by atoms with van der Waals surface area (Å²) in [6.45, 7) is 7.16. The Morgan fingerprint density at radius 3 is 2.39 bits per heavy atom. The molecule has 0 radical (unpaired) electrons. The van der Waals surface area contributed by atoms with Crippen molar-refractivity contribution in [1.29, 1.82) is 0 Å². The molecule has 0 aromatic heterocycles. The van der Waals surface area contributed by atoms with E-state index in [1.165, 1.54) is 25.7 Å². The van der Waals surface area contributed by atoms with Crippen molar-refractivity contribution in [3.05, 3.63) is 0 Å². The number of rotatable bonds is 4. The van der Waals surface area contributed by atoms with Crippen molar-refractivity contribution in [2.24, 2.45) is 46.3 Å². The van der Waals surface area contributed by atoms with Crippen LogP contribution in [0.3, 0.4) is 0 Å². The first kappa shape index (κ1) is 20.7. The molecule has 0 saturated heterocycles. The number of hydrogen-bond acceptors (Lipinski definition) is 3. The highest BCUT2D eigenvalue weighted by Gasteiger charge is 2.62. The number of carboxylic acid groups (broad SMARTS) is 1. The quantitative estimate of drug-likeness (QED) is 0.659. The first-order valence-electron chi connectivity index (χ1n) is 11.7. The smallest absolute Gasteiger partial charge is 0.303 e. The van der Waals surface area contributed by atoms with Crippen molar-refractivity contribution in [2.45, 2.75) is 97.2 Å². The van der Waals surface area contributed by atoms with Crippen LogP contribution in [-0.2, 0) is 4.79 Å². The highest BCUT2D eigenvalue weighted by molar-refractivity contribution is 5.66. The minimum Gasteiger partial charge on any atom is -0.481 e. The number of fused-ring (bicyclic) bond motifs is 5. The average molecular weight is 393 g/mol. The van der Waals surface area contributed by atoms with Gasteiger partial charge in [-0.3, -0.25) is 4.79 Å². The van der Waals surface area contributed by atoms with Gasteiger partial charge in [-0.15, -0.1) is 0 Å². The van der Waals surface area contributed by atoms with E-state index >= 15 is 0 Å². The Kier molecular flexibility index (Phi) is 5.36. The van der Waals surface area contributed by atoms with Crippen molar-refractivity contribution in [3.63, 3.8) is 0 Å². The van der Waals surface area contributed by atoms with E-state index in [0.29, 0.717) is 35.5 Å². The van der Waals surface area contributed by atoms with E-state index in [9.17, 15) is 15.0 Å². The molecule has 0 aromatic carbocycles. The molecule has 4 nitrogen and oxygen atoms in total. The van der Waals surface area contributed by atoms with Crippen LogP contribution in [0.25, 0.3) is 0 Å². The van der Waals surface area contributed by atoms with Gasteiger partial charge in [-0.25, -0.2) is 0 Å². The predicted octanol–water partition coefficient (Wildman–Crippen LogP) is 4.48. The summed E-state index contributed by atoms with van der Waals surface area (Å²) in [5.74, 6) is 2.36. The summed E-state index contributed by atoms with van der Waals surface area (Å²) in [5, 5.41) is 30.5. The van der Waals surface area contributed by atoms with Crippen LogP contribution in [0.4, 0.5) is 0 Å². The summed E-state index contributed by atoms with van der Waals surface area (Å²) in [6, 6.07) is 0. The highest BCUT2D eigenvalue weighted by atomic mass is 16.4. The van der Waals surface area contributed by atoms with Gasteiger partial charge in [-0.05, 0) is 104 Å². The zero-order valence-corrected chi connectivity index (χ0v) is 17.9. The second kappa shape index (κ2) is 7.27. The minimum absolute atomic E-state index is 0.179. The Hall–Kier alpha value is -0.610.